The summed E-state index contributed by atoms with van der Waals surface area (Å²) in [7, 11) is 0. The molecule has 2 N–H and O–H groups in total. The molecule has 0 aliphatic rings. The van der Waals surface area contributed by atoms with Gasteiger partial charge in [-0.1, -0.05) is 42.5 Å². The third kappa shape index (κ3) is 6.25. The lowest BCUT2D eigenvalue weighted by Gasteiger charge is -2.18. The predicted molar refractivity (Wildman–Crippen MR) is 149 cm³/mol. The van der Waals surface area contributed by atoms with Gasteiger partial charge in [0, 0.05) is 18.9 Å². The van der Waals surface area contributed by atoms with Crippen LogP contribution in [0.1, 0.15) is 23.2 Å². The number of Topliss-reactive ketones (excluding diaryl/α,β-unsaturated/α-hetero) is 1. The number of hydrogen-bond donors (Lipinski definition) is 2. The van der Waals surface area contributed by atoms with Gasteiger partial charge in [0.1, 0.15) is 35.4 Å². The minimum atomic E-state index is -1.07. The van der Waals surface area contributed by atoms with Gasteiger partial charge in [-0.25, -0.2) is 14.4 Å². The van der Waals surface area contributed by atoms with Gasteiger partial charge >= 0.3 is 0 Å². The number of anilines is 1. The molecule has 0 bridgehead atoms. The quantitative estimate of drug-likeness (QED) is 0.265. The molecule has 0 spiro atoms. The van der Waals surface area contributed by atoms with Crippen LogP contribution in [-0.4, -0.2) is 38.2 Å². The lowest BCUT2D eigenvalue weighted by molar-refractivity contribution is -0.122. The predicted octanol–water partition coefficient (Wildman–Crippen LogP) is 3.76. The molecule has 41 heavy (non-hydrogen) atoms. The van der Waals surface area contributed by atoms with Crippen LogP contribution in [0.3, 0.4) is 0 Å². The smallest absolute Gasteiger partial charge is 0.278 e. The number of hydrogen-bond acceptors (Lipinski definition) is 7. The van der Waals surface area contributed by atoms with Gasteiger partial charge in [0.25, 0.3) is 11.4 Å². The Kier molecular flexibility index (Phi) is 7.77. The van der Waals surface area contributed by atoms with Crippen LogP contribution in [0.4, 0.5) is 10.1 Å². The molecule has 1 unspecified atom stereocenters. The van der Waals surface area contributed by atoms with Gasteiger partial charge < -0.3 is 15.1 Å². The van der Waals surface area contributed by atoms with Gasteiger partial charge in [0.15, 0.2) is 5.58 Å². The van der Waals surface area contributed by atoms with E-state index in [0.717, 1.165) is 10.1 Å². The van der Waals surface area contributed by atoms with Crippen LogP contribution >= 0.6 is 0 Å². The maximum atomic E-state index is 13.6. The molecule has 0 fully saturated rings. The minimum absolute atomic E-state index is 0.0733. The average molecular weight is 554 g/mol. The number of para-hydroxylation sites is 2. The zero-order chi connectivity index (χ0) is 28.9. The third-order valence-electron chi connectivity index (χ3n) is 6.20. The van der Waals surface area contributed by atoms with Crippen LogP contribution in [0.25, 0.3) is 22.5 Å². The molecule has 2 amide bonds. The minimum Gasteiger partial charge on any atom is -0.434 e. The molecular formula is C30H24FN5O5. The van der Waals surface area contributed by atoms with E-state index in [-0.39, 0.29) is 23.8 Å². The fraction of sp³-hybridized carbons (Fsp3) is 0.133. The lowest BCUT2D eigenvalue weighted by Crippen LogP contribution is -2.45. The van der Waals surface area contributed by atoms with Crippen molar-refractivity contribution >= 4 is 34.4 Å². The molecule has 0 aliphatic carbocycles. The Labute approximate surface area is 232 Å². The standard InChI is InChI=1S/C30H24FN5O5/c1-18(37)33-24-16-32-28(20-11-13-21(31)14-12-20)36(30(24)40)17-26(38)34-23(15-19-7-3-2-4-8-19)27(39)29-35-22-9-5-6-10-25(22)41-29/h2-14,16,23H,15,17H2,1H3,(H,33,37)(H,34,38). The molecule has 5 aromatic rings. The molecule has 0 saturated heterocycles. The first-order chi connectivity index (χ1) is 19.8. The molecule has 0 aliphatic heterocycles. The Morgan fingerprint density at radius 3 is 2.39 bits per heavy atom. The SMILES string of the molecule is CC(=O)Nc1cnc(-c2ccc(F)cc2)n(CC(=O)NC(Cc2ccccc2)C(=O)c2nc3ccccc3o2)c1=O. The van der Waals surface area contributed by atoms with Crippen LogP contribution < -0.4 is 16.2 Å². The van der Waals surface area contributed by atoms with Crippen molar-refractivity contribution in [2.24, 2.45) is 0 Å². The van der Waals surface area contributed by atoms with Crippen LogP contribution in [-0.2, 0) is 22.6 Å². The van der Waals surface area contributed by atoms with Gasteiger partial charge in [-0.05, 0) is 42.0 Å². The number of nitrogens with zero attached hydrogens (tertiary/aromatic N) is 3. The Bertz CT molecular complexity index is 1770. The van der Waals surface area contributed by atoms with Crippen LogP contribution in [0.2, 0.25) is 0 Å². The van der Waals surface area contributed by atoms with E-state index >= 15 is 0 Å². The molecule has 3 aromatic carbocycles. The molecule has 206 valence electrons. The van der Waals surface area contributed by atoms with Crippen molar-refractivity contribution in [3.05, 3.63) is 113 Å². The van der Waals surface area contributed by atoms with E-state index in [1.807, 2.05) is 30.3 Å². The van der Waals surface area contributed by atoms with E-state index < -0.39 is 41.6 Å². The van der Waals surface area contributed by atoms with Crippen LogP contribution in [0.15, 0.2) is 94.3 Å². The van der Waals surface area contributed by atoms with Crippen molar-refractivity contribution in [2.75, 3.05) is 5.32 Å². The molecule has 0 saturated carbocycles. The van der Waals surface area contributed by atoms with Crippen molar-refractivity contribution in [1.29, 1.82) is 0 Å². The topological polar surface area (TPSA) is 136 Å². The summed E-state index contributed by atoms with van der Waals surface area (Å²) in [5.41, 5.74) is 1.23. The Balaban J connectivity index is 1.47. The number of nitrogens with one attached hydrogen (secondary N) is 2. The first-order valence-electron chi connectivity index (χ1n) is 12.6. The molecule has 10 nitrogen and oxygen atoms in total. The van der Waals surface area contributed by atoms with Crippen LogP contribution in [0.5, 0.6) is 0 Å². The van der Waals surface area contributed by atoms with E-state index in [0.29, 0.717) is 16.7 Å². The van der Waals surface area contributed by atoms with E-state index in [4.69, 9.17) is 4.42 Å². The largest absolute Gasteiger partial charge is 0.434 e. The number of fused-ring (bicyclic) bond motifs is 1. The number of benzene rings is 3. The van der Waals surface area contributed by atoms with Crippen molar-refractivity contribution in [3.8, 4) is 11.4 Å². The molecular weight excluding hydrogens is 529 g/mol. The number of ketones is 1. The highest BCUT2D eigenvalue weighted by molar-refractivity contribution is 6.00. The fourth-order valence-electron chi connectivity index (χ4n) is 4.31. The zero-order valence-electron chi connectivity index (χ0n) is 21.8. The van der Waals surface area contributed by atoms with Crippen molar-refractivity contribution in [1.82, 2.24) is 19.9 Å². The molecule has 1 atom stereocenters. The number of rotatable bonds is 9. The summed E-state index contributed by atoms with van der Waals surface area (Å²) in [5, 5.41) is 5.11. The fourth-order valence-corrected chi connectivity index (χ4v) is 4.31. The Morgan fingerprint density at radius 2 is 1.68 bits per heavy atom. The van der Waals surface area contributed by atoms with Gasteiger partial charge in [0.05, 0.1) is 6.20 Å². The van der Waals surface area contributed by atoms with Crippen molar-refractivity contribution < 1.29 is 23.2 Å². The van der Waals surface area contributed by atoms with E-state index in [2.05, 4.69) is 20.6 Å². The number of amides is 2. The van der Waals surface area contributed by atoms with E-state index in [1.165, 1.54) is 37.4 Å². The summed E-state index contributed by atoms with van der Waals surface area (Å²) in [5.74, 6) is -2.30. The highest BCUT2D eigenvalue weighted by Gasteiger charge is 2.28. The second-order valence-electron chi connectivity index (χ2n) is 9.24. The highest BCUT2D eigenvalue weighted by atomic mass is 19.1. The number of carbonyl (C=O) groups is 3. The Morgan fingerprint density at radius 1 is 0.976 bits per heavy atom. The molecule has 2 aromatic heterocycles. The first kappa shape index (κ1) is 27.1. The van der Waals surface area contributed by atoms with E-state index in [9.17, 15) is 23.6 Å². The molecule has 5 rings (SSSR count). The monoisotopic (exact) mass is 553 g/mol. The third-order valence-corrected chi connectivity index (χ3v) is 6.20. The van der Waals surface area contributed by atoms with Gasteiger partial charge in [-0.15, -0.1) is 0 Å². The number of aromatic nitrogens is 3. The molecule has 2 heterocycles. The molecule has 0 radical (unpaired) electrons. The van der Waals surface area contributed by atoms with Gasteiger partial charge in [-0.2, -0.15) is 0 Å². The summed E-state index contributed by atoms with van der Waals surface area (Å²) in [6.45, 7) is 0.689. The summed E-state index contributed by atoms with van der Waals surface area (Å²) in [6.07, 6.45) is 1.31. The highest BCUT2D eigenvalue weighted by Crippen LogP contribution is 2.19. The lowest BCUT2D eigenvalue weighted by atomic mass is 10.0. The number of oxazole rings is 1. The molecule has 11 heteroatoms. The van der Waals surface area contributed by atoms with Crippen molar-refractivity contribution in [2.45, 2.75) is 25.9 Å². The Hall–Kier alpha value is -5.45. The van der Waals surface area contributed by atoms with E-state index in [1.54, 1.807) is 24.3 Å². The average Bonchev–Trinajstić information content (AvgIpc) is 3.40. The summed E-state index contributed by atoms with van der Waals surface area (Å²) >= 11 is 0. The maximum absolute atomic E-state index is 13.6. The van der Waals surface area contributed by atoms with Gasteiger partial charge in [-0.3, -0.25) is 23.7 Å². The maximum Gasteiger partial charge on any atom is 0.278 e. The summed E-state index contributed by atoms with van der Waals surface area (Å²) in [6, 6.07) is 20.1. The normalized spacial score (nSPS) is 11.7. The number of carbonyl (C=O) groups excluding carboxylic acids is 3. The van der Waals surface area contributed by atoms with Crippen molar-refractivity contribution in [3.63, 3.8) is 0 Å². The van der Waals surface area contributed by atoms with Gasteiger partial charge in [0.2, 0.25) is 17.6 Å². The first-order valence-corrected chi connectivity index (χ1v) is 12.6. The second kappa shape index (κ2) is 11.7. The number of halogens is 1. The second-order valence-corrected chi connectivity index (χ2v) is 9.24. The summed E-state index contributed by atoms with van der Waals surface area (Å²) < 4.78 is 20.3. The summed E-state index contributed by atoms with van der Waals surface area (Å²) in [4.78, 5) is 60.4. The zero-order valence-corrected chi connectivity index (χ0v) is 21.8. The van der Waals surface area contributed by atoms with Crippen LogP contribution in [0, 0.1) is 5.82 Å².